The molecule has 3 heterocycles. The maximum absolute atomic E-state index is 13.2. The third kappa shape index (κ3) is 4.16. The first-order valence-corrected chi connectivity index (χ1v) is 10.1. The van der Waals surface area contributed by atoms with Crippen molar-refractivity contribution in [2.45, 2.75) is 19.4 Å². The summed E-state index contributed by atoms with van der Waals surface area (Å²) in [5.74, 6) is 0.407. The first-order chi connectivity index (χ1) is 14.5. The van der Waals surface area contributed by atoms with E-state index in [9.17, 15) is 9.59 Å². The van der Waals surface area contributed by atoms with E-state index in [4.69, 9.17) is 0 Å². The molecule has 0 aliphatic carbocycles. The Balaban J connectivity index is 1.59. The highest BCUT2D eigenvalue weighted by atomic mass is 16.2. The van der Waals surface area contributed by atoms with Gasteiger partial charge in [-0.2, -0.15) is 0 Å². The zero-order valence-electron chi connectivity index (χ0n) is 17.2. The molecule has 1 aromatic carbocycles. The lowest BCUT2D eigenvalue weighted by molar-refractivity contribution is -0.135. The first kappa shape index (κ1) is 20.0. The summed E-state index contributed by atoms with van der Waals surface area (Å²) in [4.78, 5) is 41.5. The van der Waals surface area contributed by atoms with E-state index in [1.54, 1.807) is 25.4 Å². The molecule has 0 saturated carbocycles. The van der Waals surface area contributed by atoms with Gasteiger partial charge in [-0.3, -0.25) is 14.6 Å². The van der Waals surface area contributed by atoms with E-state index < -0.39 is 0 Å². The average molecular weight is 403 g/mol. The fourth-order valence-electron chi connectivity index (χ4n) is 3.89. The lowest BCUT2D eigenvalue weighted by Crippen LogP contribution is -2.50. The monoisotopic (exact) mass is 403 g/mol. The number of amides is 1. The van der Waals surface area contributed by atoms with Crippen LogP contribution in [-0.2, 0) is 11.2 Å². The summed E-state index contributed by atoms with van der Waals surface area (Å²) in [5.41, 5.74) is 2.54. The van der Waals surface area contributed by atoms with Crippen LogP contribution in [0.25, 0.3) is 11.4 Å². The number of aryl methyl sites for hydroxylation is 1. The largest absolute Gasteiger partial charge is 0.333 e. The molecule has 0 bridgehead atoms. The molecule has 154 valence electrons. The van der Waals surface area contributed by atoms with Gasteiger partial charge >= 0.3 is 0 Å². The van der Waals surface area contributed by atoms with Crippen LogP contribution in [0.4, 0.5) is 0 Å². The third-order valence-electron chi connectivity index (χ3n) is 5.57. The highest BCUT2D eigenvalue weighted by molar-refractivity contribution is 5.79. The number of carbonyl (C=O) groups excluding carboxylic acids is 1. The molecule has 2 aromatic heterocycles. The number of nitrogens with zero attached hydrogens (tertiary/aromatic N) is 4. The summed E-state index contributed by atoms with van der Waals surface area (Å²) in [6.07, 6.45) is 3.35. The van der Waals surface area contributed by atoms with Crippen molar-refractivity contribution in [2.24, 2.45) is 0 Å². The molecule has 1 unspecified atom stereocenters. The van der Waals surface area contributed by atoms with Crippen molar-refractivity contribution in [3.05, 3.63) is 82.0 Å². The minimum absolute atomic E-state index is 0.0283. The van der Waals surface area contributed by atoms with Crippen molar-refractivity contribution >= 4 is 5.91 Å². The highest BCUT2D eigenvalue weighted by Gasteiger charge is 2.30. The van der Waals surface area contributed by atoms with Crippen molar-refractivity contribution in [1.29, 1.82) is 0 Å². The Bertz CT molecular complexity index is 1080. The van der Waals surface area contributed by atoms with Gasteiger partial charge < -0.3 is 14.8 Å². The predicted octanol–water partition coefficient (Wildman–Crippen LogP) is 2.20. The van der Waals surface area contributed by atoms with Crippen LogP contribution in [0.1, 0.15) is 22.9 Å². The summed E-state index contributed by atoms with van der Waals surface area (Å²) in [6, 6.07) is 13.6. The SMILES string of the molecule is Cc1nc(-c2cccnc2)[nH]c(=O)c1CC(=O)N1CCN(C)CC1c1ccccc1. The minimum Gasteiger partial charge on any atom is -0.333 e. The van der Waals surface area contributed by atoms with Crippen molar-refractivity contribution in [3.8, 4) is 11.4 Å². The minimum atomic E-state index is -0.278. The molecule has 1 atom stereocenters. The molecule has 0 spiro atoms. The van der Waals surface area contributed by atoms with Gasteiger partial charge in [0.1, 0.15) is 5.82 Å². The van der Waals surface area contributed by atoms with Crippen LogP contribution < -0.4 is 5.56 Å². The zero-order valence-corrected chi connectivity index (χ0v) is 17.2. The van der Waals surface area contributed by atoms with Crippen LogP contribution >= 0.6 is 0 Å². The maximum Gasteiger partial charge on any atom is 0.255 e. The normalized spacial score (nSPS) is 17.1. The van der Waals surface area contributed by atoms with Gasteiger partial charge in [0.2, 0.25) is 5.91 Å². The molecular weight excluding hydrogens is 378 g/mol. The Hall–Kier alpha value is -3.32. The fourth-order valence-corrected chi connectivity index (χ4v) is 3.89. The number of rotatable bonds is 4. The number of likely N-dealkylation sites (N-methyl/N-ethyl adjacent to an activating group) is 1. The van der Waals surface area contributed by atoms with Crippen molar-refractivity contribution in [1.82, 2.24) is 24.8 Å². The molecule has 1 saturated heterocycles. The lowest BCUT2D eigenvalue weighted by atomic mass is 10.0. The van der Waals surface area contributed by atoms with Gasteiger partial charge in [-0.05, 0) is 31.7 Å². The molecule has 7 heteroatoms. The second-order valence-corrected chi connectivity index (χ2v) is 7.67. The van der Waals surface area contributed by atoms with Crippen molar-refractivity contribution in [3.63, 3.8) is 0 Å². The van der Waals surface area contributed by atoms with Gasteiger partial charge in [0.25, 0.3) is 5.56 Å². The third-order valence-corrected chi connectivity index (χ3v) is 5.57. The van der Waals surface area contributed by atoms with Crippen LogP contribution in [0.3, 0.4) is 0 Å². The van der Waals surface area contributed by atoms with E-state index in [2.05, 4.69) is 26.9 Å². The first-order valence-electron chi connectivity index (χ1n) is 10.1. The number of hydrogen-bond acceptors (Lipinski definition) is 5. The maximum atomic E-state index is 13.2. The Morgan fingerprint density at radius 3 is 2.67 bits per heavy atom. The highest BCUT2D eigenvalue weighted by Crippen LogP contribution is 2.25. The van der Waals surface area contributed by atoms with E-state index in [-0.39, 0.29) is 23.9 Å². The van der Waals surface area contributed by atoms with Crippen LogP contribution in [0.15, 0.2) is 59.7 Å². The number of aromatic amines is 1. The number of piperazine rings is 1. The Morgan fingerprint density at radius 1 is 1.17 bits per heavy atom. The number of aromatic nitrogens is 3. The topological polar surface area (TPSA) is 82.2 Å². The summed E-state index contributed by atoms with van der Waals surface area (Å²) in [5, 5.41) is 0. The number of hydrogen-bond donors (Lipinski definition) is 1. The van der Waals surface area contributed by atoms with E-state index in [1.807, 2.05) is 41.3 Å². The Kier molecular flexibility index (Phi) is 5.72. The molecule has 1 amide bonds. The number of H-pyrrole nitrogens is 1. The molecule has 1 aliphatic heterocycles. The average Bonchev–Trinajstić information content (AvgIpc) is 2.77. The molecule has 4 rings (SSSR count). The van der Waals surface area contributed by atoms with Gasteiger partial charge in [0.05, 0.1) is 12.5 Å². The summed E-state index contributed by atoms with van der Waals surface area (Å²) in [6.45, 7) is 3.98. The van der Waals surface area contributed by atoms with Gasteiger partial charge in [-0.15, -0.1) is 0 Å². The van der Waals surface area contributed by atoms with E-state index >= 15 is 0 Å². The molecule has 0 radical (unpaired) electrons. The van der Waals surface area contributed by atoms with E-state index in [0.717, 1.165) is 24.2 Å². The predicted molar refractivity (Wildman–Crippen MR) is 115 cm³/mol. The second kappa shape index (κ2) is 8.59. The van der Waals surface area contributed by atoms with Gasteiger partial charge in [0, 0.05) is 48.8 Å². The van der Waals surface area contributed by atoms with Crippen molar-refractivity contribution in [2.75, 3.05) is 26.7 Å². The van der Waals surface area contributed by atoms with E-state index in [0.29, 0.717) is 23.6 Å². The molecule has 1 fully saturated rings. The zero-order chi connectivity index (χ0) is 21.1. The molecule has 30 heavy (non-hydrogen) atoms. The molecule has 7 nitrogen and oxygen atoms in total. The van der Waals surface area contributed by atoms with Crippen LogP contribution in [-0.4, -0.2) is 57.3 Å². The Labute approximate surface area is 175 Å². The smallest absolute Gasteiger partial charge is 0.255 e. The van der Waals surface area contributed by atoms with Gasteiger partial charge in [-0.25, -0.2) is 4.98 Å². The lowest BCUT2D eigenvalue weighted by Gasteiger charge is -2.40. The van der Waals surface area contributed by atoms with Gasteiger partial charge in [-0.1, -0.05) is 30.3 Å². The summed E-state index contributed by atoms with van der Waals surface area (Å²) < 4.78 is 0. The standard InChI is InChI=1S/C23H25N5O2/c1-16-19(23(30)26-22(25-16)18-9-6-10-24-14-18)13-21(29)28-12-11-27(2)15-20(28)17-7-4-3-5-8-17/h3-10,14,20H,11-13,15H2,1-2H3,(H,25,26,30). The van der Waals surface area contributed by atoms with Crippen molar-refractivity contribution < 1.29 is 4.79 Å². The summed E-state index contributed by atoms with van der Waals surface area (Å²) in [7, 11) is 2.06. The molecule has 3 aromatic rings. The number of pyridine rings is 1. The molecular formula is C23H25N5O2. The van der Waals surface area contributed by atoms with Crippen LogP contribution in [0, 0.1) is 6.92 Å². The van der Waals surface area contributed by atoms with Crippen LogP contribution in [0.5, 0.6) is 0 Å². The second-order valence-electron chi connectivity index (χ2n) is 7.67. The van der Waals surface area contributed by atoms with Crippen LogP contribution in [0.2, 0.25) is 0 Å². The number of benzene rings is 1. The quantitative estimate of drug-likeness (QED) is 0.722. The Morgan fingerprint density at radius 2 is 1.97 bits per heavy atom. The molecule has 1 N–H and O–H groups in total. The number of nitrogens with one attached hydrogen (secondary N) is 1. The molecule has 1 aliphatic rings. The van der Waals surface area contributed by atoms with E-state index in [1.165, 1.54) is 0 Å². The fraction of sp³-hybridized carbons (Fsp3) is 0.304. The number of carbonyl (C=O) groups is 1. The van der Waals surface area contributed by atoms with Gasteiger partial charge in [0.15, 0.2) is 0 Å². The summed E-state index contributed by atoms with van der Waals surface area (Å²) >= 11 is 0.